The molecule has 2 aromatic rings. The molecule has 2 unspecified atom stereocenters. The molecule has 1 fully saturated rings. The fourth-order valence-corrected chi connectivity index (χ4v) is 3.81. The maximum absolute atomic E-state index is 12.7. The highest BCUT2D eigenvalue weighted by atomic mass is 35.5. The molecule has 0 radical (unpaired) electrons. The molecular weight excluding hydrogens is 355 g/mol. The molecule has 4 heteroatoms. The van der Waals surface area contributed by atoms with E-state index in [4.69, 9.17) is 27.9 Å². The summed E-state index contributed by atoms with van der Waals surface area (Å²) in [6.45, 7) is 5.73. The molecule has 1 saturated heterocycles. The van der Waals surface area contributed by atoms with Crippen molar-refractivity contribution in [3.05, 3.63) is 82.4 Å². The van der Waals surface area contributed by atoms with Gasteiger partial charge in [-0.25, -0.2) is 0 Å². The molecule has 0 aliphatic carbocycles. The summed E-state index contributed by atoms with van der Waals surface area (Å²) in [4.78, 5) is 12.7. The monoisotopic (exact) mass is 374 g/mol. The summed E-state index contributed by atoms with van der Waals surface area (Å²) < 4.78 is 5.91. The summed E-state index contributed by atoms with van der Waals surface area (Å²) in [5.41, 5.74) is 1.41. The summed E-state index contributed by atoms with van der Waals surface area (Å²) in [6.07, 6.45) is 2.67. The molecule has 25 heavy (non-hydrogen) atoms. The van der Waals surface area contributed by atoms with E-state index in [-0.39, 0.29) is 18.0 Å². The fourth-order valence-electron chi connectivity index (χ4n) is 3.48. The summed E-state index contributed by atoms with van der Waals surface area (Å²) in [5, 5.41) is 1.33. The number of hydrogen-bond acceptors (Lipinski definition) is 2. The van der Waals surface area contributed by atoms with E-state index in [0.717, 1.165) is 11.1 Å². The normalized spacial score (nSPS) is 26.1. The largest absolute Gasteiger partial charge is 0.456 e. The van der Waals surface area contributed by atoms with E-state index in [1.165, 1.54) is 0 Å². The third-order valence-electron chi connectivity index (χ3n) is 4.83. The van der Waals surface area contributed by atoms with Crippen molar-refractivity contribution in [2.24, 2.45) is 5.41 Å². The van der Waals surface area contributed by atoms with Gasteiger partial charge in [0.1, 0.15) is 6.10 Å². The first-order valence-electron chi connectivity index (χ1n) is 8.26. The molecule has 0 amide bonds. The van der Waals surface area contributed by atoms with Crippen LogP contribution in [0.25, 0.3) is 0 Å². The molecule has 2 nitrogen and oxygen atoms in total. The minimum Gasteiger partial charge on any atom is -0.456 e. The average molecular weight is 375 g/mol. The summed E-state index contributed by atoms with van der Waals surface area (Å²) in [6, 6.07) is 15.2. The first kappa shape index (κ1) is 18.0. The van der Waals surface area contributed by atoms with E-state index in [9.17, 15) is 4.79 Å². The Bertz CT molecular complexity index is 785. The molecule has 1 heterocycles. The Hall–Kier alpha value is -1.77. The average Bonchev–Trinajstić information content (AvgIpc) is 2.58. The number of rotatable bonds is 4. The predicted molar refractivity (Wildman–Crippen MR) is 102 cm³/mol. The maximum atomic E-state index is 12.7. The number of benzene rings is 2. The first-order chi connectivity index (χ1) is 11.9. The van der Waals surface area contributed by atoms with Crippen molar-refractivity contribution in [3.63, 3.8) is 0 Å². The number of ether oxygens (including phenoxy) is 1. The third kappa shape index (κ3) is 3.75. The van der Waals surface area contributed by atoms with Gasteiger partial charge in [-0.2, -0.15) is 0 Å². The molecule has 0 N–H and O–H groups in total. The first-order valence-corrected chi connectivity index (χ1v) is 9.01. The van der Waals surface area contributed by atoms with Crippen LogP contribution >= 0.6 is 23.2 Å². The lowest BCUT2D eigenvalue weighted by Gasteiger charge is -2.41. The van der Waals surface area contributed by atoms with Crippen molar-refractivity contribution in [2.45, 2.75) is 31.8 Å². The predicted octanol–water partition coefficient (Wildman–Crippen LogP) is 6.35. The van der Waals surface area contributed by atoms with Crippen molar-refractivity contribution < 1.29 is 9.53 Å². The Labute approximate surface area is 158 Å². The minimum atomic E-state index is -0.586. The van der Waals surface area contributed by atoms with Gasteiger partial charge in [-0.05, 0) is 55.2 Å². The number of cyclic esters (lactones) is 1. The topological polar surface area (TPSA) is 26.3 Å². The lowest BCUT2D eigenvalue weighted by atomic mass is 9.71. The second-order valence-electron chi connectivity index (χ2n) is 6.80. The molecule has 3 atom stereocenters. The van der Waals surface area contributed by atoms with E-state index >= 15 is 0 Å². The molecule has 0 spiro atoms. The zero-order valence-corrected chi connectivity index (χ0v) is 15.6. The highest BCUT2D eigenvalue weighted by Gasteiger charge is 2.46. The standard InChI is InChI=1S/C21H20Cl2O2/c1-3-11-21(2)13-18(15-5-4-6-17(23)12-15)19(25-20(21)24)14-7-9-16(22)10-8-14/h3-10,12,18-19H,1,11,13H2,2H3/t18?,19?,21-/m0/s1. The van der Waals surface area contributed by atoms with Crippen LogP contribution in [-0.2, 0) is 9.53 Å². The molecular formula is C21H20Cl2O2. The van der Waals surface area contributed by atoms with Gasteiger partial charge in [0, 0.05) is 16.0 Å². The molecule has 1 aliphatic rings. The third-order valence-corrected chi connectivity index (χ3v) is 5.32. The second kappa shape index (κ2) is 7.23. The van der Waals surface area contributed by atoms with E-state index in [2.05, 4.69) is 6.58 Å². The highest BCUT2D eigenvalue weighted by molar-refractivity contribution is 6.30. The van der Waals surface area contributed by atoms with E-state index in [1.807, 2.05) is 55.5 Å². The Morgan fingerprint density at radius 1 is 1.16 bits per heavy atom. The molecule has 0 bridgehead atoms. The van der Waals surface area contributed by atoms with Crippen LogP contribution in [0.3, 0.4) is 0 Å². The quantitative estimate of drug-likeness (QED) is 0.460. The van der Waals surface area contributed by atoms with Crippen LogP contribution in [0.2, 0.25) is 10.0 Å². The van der Waals surface area contributed by atoms with Crippen LogP contribution in [0.15, 0.2) is 61.2 Å². The molecule has 1 aliphatic heterocycles. The van der Waals surface area contributed by atoms with Crippen molar-refractivity contribution in [1.29, 1.82) is 0 Å². The van der Waals surface area contributed by atoms with Crippen molar-refractivity contribution in [3.8, 4) is 0 Å². The van der Waals surface area contributed by atoms with Crippen LogP contribution in [0.4, 0.5) is 0 Å². The van der Waals surface area contributed by atoms with Crippen LogP contribution in [0, 0.1) is 5.41 Å². The lowest BCUT2D eigenvalue weighted by molar-refractivity contribution is -0.171. The van der Waals surface area contributed by atoms with Gasteiger partial charge in [0.05, 0.1) is 5.41 Å². The zero-order chi connectivity index (χ0) is 18.0. The SMILES string of the molecule is C=CC[C@@]1(C)CC(c2cccc(Cl)c2)C(c2ccc(Cl)cc2)OC1=O. The molecule has 0 saturated carbocycles. The van der Waals surface area contributed by atoms with Crippen molar-refractivity contribution in [1.82, 2.24) is 0 Å². The van der Waals surface area contributed by atoms with Gasteiger partial charge in [-0.15, -0.1) is 6.58 Å². The highest BCUT2D eigenvalue weighted by Crippen LogP contribution is 2.49. The number of esters is 1. The van der Waals surface area contributed by atoms with E-state index < -0.39 is 5.41 Å². The minimum absolute atomic E-state index is 0.0162. The zero-order valence-electron chi connectivity index (χ0n) is 14.0. The van der Waals surface area contributed by atoms with Crippen LogP contribution < -0.4 is 0 Å². The number of allylic oxidation sites excluding steroid dienone is 1. The van der Waals surface area contributed by atoms with Gasteiger partial charge in [-0.1, -0.05) is 53.5 Å². The van der Waals surface area contributed by atoms with Gasteiger partial charge in [0.15, 0.2) is 0 Å². The summed E-state index contributed by atoms with van der Waals surface area (Å²) >= 11 is 12.2. The Kier molecular flexibility index (Phi) is 5.21. The number of carbonyl (C=O) groups excluding carboxylic acids is 1. The summed E-state index contributed by atoms with van der Waals surface area (Å²) in [7, 11) is 0. The van der Waals surface area contributed by atoms with Gasteiger partial charge >= 0.3 is 5.97 Å². The van der Waals surface area contributed by atoms with Gasteiger partial charge in [0.2, 0.25) is 0 Å². The second-order valence-corrected chi connectivity index (χ2v) is 7.67. The summed E-state index contributed by atoms with van der Waals surface area (Å²) in [5.74, 6) is -0.173. The van der Waals surface area contributed by atoms with Crippen molar-refractivity contribution >= 4 is 29.2 Å². The van der Waals surface area contributed by atoms with Crippen LogP contribution in [0.1, 0.15) is 42.9 Å². The van der Waals surface area contributed by atoms with Gasteiger partial charge in [-0.3, -0.25) is 4.79 Å². The van der Waals surface area contributed by atoms with Crippen LogP contribution in [-0.4, -0.2) is 5.97 Å². The molecule has 0 aromatic heterocycles. The lowest BCUT2D eigenvalue weighted by Crippen LogP contribution is -2.39. The Morgan fingerprint density at radius 3 is 2.52 bits per heavy atom. The van der Waals surface area contributed by atoms with Gasteiger partial charge in [0.25, 0.3) is 0 Å². The number of halogens is 2. The smallest absolute Gasteiger partial charge is 0.312 e. The van der Waals surface area contributed by atoms with E-state index in [1.54, 1.807) is 6.08 Å². The van der Waals surface area contributed by atoms with Gasteiger partial charge < -0.3 is 4.74 Å². The molecule has 3 rings (SSSR count). The van der Waals surface area contributed by atoms with E-state index in [0.29, 0.717) is 22.9 Å². The number of hydrogen-bond donors (Lipinski definition) is 0. The Balaban J connectivity index is 2.03. The van der Waals surface area contributed by atoms with Crippen LogP contribution in [0.5, 0.6) is 0 Å². The maximum Gasteiger partial charge on any atom is 0.312 e. The Morgan fingerprint density at radius 2 is 1.88 bits per heavy atom. The fraction of sp³-hybridized carbons (Fsp3) is 0.286. The molecule has 2 aromatic carbocycles. The number of carbonyl (C=O) groups is 1. The molecule has 130 valence electrons. The van der Waals surface area contributed by atoms with Crippen molar-refractivity contribution in [2.75, 3.05) is 0 Å².